The summed E-state index contributed by atoms with van der Waals surface area (Å²) in [6.45, 7) is 2.29. The van der Waals surface area contributed by atoms with Crippen LogP contribution in [0.5, 0.6) is 0 Å². The molecule has 1 N–H and O–H groups in total. The highest BCUT2D eigenvalue weighted by molar-refractivity contribution is 5.91. The van der Waals surface area contributed by atoms with Crippen LogP contribution in [0.1, 0.15) is 11.5 Å². The molecule has 0 aliphatic rings. The molecule has 0 atom stereocenters. The Morgan fingerprint density at radius 1 is 1.69 bits per heavy atom. The number of nitriles is 1. The lowest BCUT2D eigenvalue weighted by Gasteiger charge is -1.96. The molecule has 1 amide bonds. The topological polar surface area (TPSA) is 66.0 Å². The van der Waals surface area contributed by atoms with E-state index in [2.05, 4.69) is 5.32 Å². The molecule has 0 aliphatic heterocycles. The van der Waals surface area contributed by atoms with Crippen molar-refractivity contribution in [1.29, 1.82) is 5.26 Å². The summed E-state index contributed by atoms with van der Waals surface area (Å²) >= 11 is 0. The Hall–Kier alpha value is -1.76. The van der Waals surface area contributed by atoms with Gasteiger partial charge in [-0.3, -0.25) is 4.79 Å². The predicted molar refractivity (Wildman–Crippen MR) is 45.8 cm³/mol. The van der Waals surface area contributed by atoms with Gasteiger partial charge in [-0.2, -0.15) is 5.26 Å². The van der Waals surface area contributed by atoms with Crippen LogP contribution in [0.4, 0.5) is 0 Å². The third kappa shape index (κ3) is 2.99. The van der Waals surface area contributed by atoms with Gasteiger partial charge in [0.1, 0.15) is 11.5 Å². The summed E-state index contributed by atoms with van der Waals surface area (Å²) in [7, 11) is 0. The molecular formula is C9H10N2O2. The maximum absolute atomic E-state index is 10.5. The summed E-state index contributed by atoms with van der Waals surface area (Å²) in [6, 6.07) is 5.19. The van der Waals surface area contributed by atoms with E-state index in [0.29, 0.717) is 13.0 Å². The van der Waals surface area contributed by atoms with E-state index in [1.165, 1.54) is 6.07 Å². The highest BCUT2D eigenvalue weighted by Gasteiger charge is 2.00. The van der Waals surface area contributed by atoms with Gasteiger partial charge in [0, 0.05) is 13.0 Å². The van der Waals surface area contributed by atoms with Crippen molar-refractivity contribution < 1.29 is 9.21 Å². The largest absolute Gasteiger partial charge is 0.466 e. The number of furan rings is 1. The minimum absolute atomic E-state index is 0.430. The molecule has 4 nitrogen and oxygen atoms in total. The molecule has 4 heteroatoms. The van der Waals surface area contributed by atoms with Gasteiger partial charge in [-0.25, -0.2) is 0 Å². The molecule has 0 saturated carbocycles. The Bertz CT molecular complexity index is 336. The molecule has 0 bridgehead atoms. The minimum Gasteiger partial charge on any atom is -0.466 e. The molecule has 1 aromatic heterocycles. The zero-order valence-corrected chi connectivity index (χ0v) is 7.33. The summed E-state index contributed by atoms with van der Waals surface area (Å²) in [5.74, 6) is 1.06. The lowest BCUT2D eigenvalue weighted by Crippen LogP contribution is -2.23. The lowest BCUT2D eigenvalue weighted by molar-refractivity contribution is -0.115. The first-order valence-electron chi connectivity index (χ1n) is 3.95. The zero-order valence-electron chi connectivity index (χ0n) is 7.33. The first kappa shape index (κ1) is 9.33. The van der Waals surface area contributed by atoms with E-state index >= 15 is 0 Å². The van der Waals surface area contributed by atoms with Gasteiger partial charge in [-0.15, -0.1) is 0 Å². The number of rotatable bonds is 3. The molecule has 0 aromatic carbocycles. The van der Waals surface area contributed by atoms with Gasteiger partial charge in [0.25, 0.3) is 0 Å². The normalized spacial score (nSPS) is 9.23. The van der Waals surface area contributed by atoms with Crippen LogP contribution < -0.4 is 5.32 Å². The number of aryl methyl sites for hydroxylation is 1. The predicted octanol–water partition coefficient (Wildman–Crippen LogP) is 0.770. The van der Waals surface area contributed by atoms with E-state index in [4.69, 9.17) is 9.68 Å². The van der Waals surface area contributed by atoms with Gasteiger partial charge in [0.15, 0.2) is 6.07 Å². The number of hydrogen-bond donors (Lipinski definition) is 1. The fourth-order valence-corrected chi connectivity index (χ4v) is 0.958. The second-order valence-electron chi connectivity index (χ2n) is 2.63. The van der Waals surface area contributed by atoms with Crippen molar-refractivity contribution >= 4 is 5.91 Å². The highest BCUT2D eigenvalue weighted by Crippen LogP contribution is 2.05. The third-order valence-corrected chi connectivity index (χ3v) is 1.55. The summed E-state index contributed by atoms with van der Waals surface area (Å²) < 4.78 is 5.26. The van der Waals surface area contributed by atoms with Crippen molar-refractivity contribution in [2.24, 2.45) is 0 Å². The number of nitrogens with one attached hydrogen (secondary N) is 1. The number of hydrogen-bond acceptors (Lipinski definition) is 3. The Kier molecular flexibility index (Phi) is 3.09. The van der Waals surface area contributed by atoms with Crippen LogP contribution in [-0.4, -0.2) is 12.5 Å². The lowest BCUT2D eigenvalue weighted by atomic mass is 10.3. The molecule has 0 unspecified atom stereocenters. The van der Waals surface area contributed by atoms with Crippen molar-refractivity contribution in [2.45, 2.75) is 13.3 Å². The van der Waals surface area contributed by atoms with Crippen LogP contribution in [0.2, 0.25) is 0 Å². The first-order valence-corrected chi connectivity index (χ1v) is 3.95. The Morgan fingerprint density at radius 3 is 3.00 bits per heavy atom. The number of amides is 1. The maximum atomic E-state index is 10.5. The highest BCUT2D eigenvalue weighted by atomic mass is 16.3. The van der Waals surface area contributed by atoms with E-state index < -0.39 is 5.91 Å². The quantitative estimate of drug-likeness (QED) is 0.695. The van der Waals surface area contributed by atoms with Crippen molar-refractivity contribution in [1.82, 2.24) is 5.32 Å². The second-order valence-corrected chi connectivity index (χ2v) is 2.63. The minimum atomic E-state index is -0.608. The van der Waals surface area contributed by atoms with Crippen LogP contribution in [0.3, 0.4) is 0 Å². The SMILES string of the molecule is Cc1ccc(CCNC(=O)C#N)o1. The number of carbonyl (C=O) groups is 1. The van der Waals surface area contributed by atoms with Crippen molar-refractivity contribution in [3.63, 3.8) is 0 Å². The monoisotopic (exact) mass is 178 g/mol. The van der Waals surface area contributed by atoms with Crippen molar-refractivity contribution in [2.75, 3.05) is 6.54 Å². The zero-order chi connectivity index (χ0) is 9.68. The van der Waals surface area contributed by atoms with E-state index in [-0.39, 0.29) is 0 Å². The van der Waals surface area contributed by atoms with Gasteiger partial charge in [-0.05, 0) is 19.1 Å². The molecule has 68 valence electrons. The van der Waals surface area contributed by atoms with Gasteiger partial charge in [0.05, 0.1) is 0 Å². The smallest absolute Gasteiger partial charge is 0.322 e. The Morgan fingerprint density at radius 2 is 2.46 bits per heavy atom. The number of carbonyl (C=O) groups excluding carboxylic acids is 1. The molecule has 13 heavy (non-hydrogen) atoms. The first-order chi connectivity index (χ1) is 6.22. The Labute approximate surface area is 76.2 Å². The van der Waals surface area contributed by atoms with Crippen molar-refractivity contribution in [3.8, 4) is 6.07 Å². The number of nitrogens with zero attached hydrogens (tertiary/aromatic N) is 1. The van der Waals surface area contributed by atoms with Crippen LogP contribution in [0.25, 0.3) is 0 Å². The average molecular weight is 178 g/mol. The molecule has 0 radical (unpaired) electrons. The third-order valence-electron chi connectivity index (χ3n) is 1.55. The van der Waals surface area contributed by atoms with Crippen LogP contribution in [0.15, 0.2) is 16.5 Å². The molecule has 0 spiro atoms. The molecule has 1 heterocycles. The molecule has 1 rings (SSSR count). The fourth-order valence-electron chi connectivity index (χ4n) is 0.958. The average Bonchev–Trinajstić information content (AvgIpc) is 2.51. The standard InChI is InChI=1S/C9H10N2O2/c1-7-2-3-8(13-7)4-5-11-9(12)6-10/h2-3H,4-5H2,1H3,(H,11,12). The fraction of sp³-hybridized carbons (Fsp3) is 0.333. The second kappa shape index (κ2) is 4.31. The van der Waals surface area contributed by atoms with Crippen LogP contribution in [-0.2, 0) is 11.2 Å². The van der Waals surface area contributed by atoms with E-state index in [1.807, 2.05) is 19.1 Å². The van der Waals surface area contributed by atoms with Gasteiger partial charge in [-0.1, -0.05) is 0 Å². The summed E-state index contributed by atoms with van der Waals surface area (Å²) in [5, 5.41) is 10.6. The Balaban J connectivity index is 2.29. The van der Waals surface area contributed by atoms with Gasteiger partial charge < -0.3 is 9.73 Å². The van der Waals surface area contributed by atoms with Crippen LogP contribution >= 0.6 is 0 Å². The summed E-state index contributed by atoms with van der Waals surface area (Å²) in [4.78, 5) is 10.5. The van der Waals surface area contributed by atoms with Crippen LogP contribution in [0, 0.1) is 18.3 Å². The van der Waals surface area contributed by atoms with Gasteiger partial charge >= 0.3 is 5.91 Å². The summed E-state index contributed by atoms with van der Waals surface area (Å²) in [6.07, 6.45) is 0.612. The molecular weight excluding hydrogens is 168 g/mol. The molecule has 0 saturated heterocycles. The molecule has 0 aliphatic carbocycles. The van der Waals surface area contributed by atoms with E-state index in [9.17, 15) is 4.79 Å². The maximum Gasteiger partial charge on any atom is 0.322 e. The molecule has 1 aromatic rings. The van der Waals surface area contributed by atoms with E-state index in [0.717, 1.165) is 11.5 Å². The van der Waals surface area contributed by atoms with Gasteiger partial charge in [0.2, 0.25) is 0 Å². The molecule has 0 fully saturated rings. The van der Waals surface area contributed by atoms with E-state index in [1.54, 1.807) is 0 Å². The summed E-state index contributed by atoms with van der Waals surface area (Å²) in [5.41, 5.74) is 0. The van der Waals surface area contributed by atoms with Crippen molar-refractivity contribution in [3.05, 3.63) is 23.7 Å².